The first-order valence-corrected chi connectivity index (χ1v) is 10.8. The molecule has 32 heavy (non-hydrogen) atoms. The summed E-state index contributed by atoms with van der Waals surface area (Å²) in [7, 11) is 3.24. The maximum atomic E-state index is 12.6. The number of ether oxygens (including phenoxy) is 1. The molecule has 1 aromatic carbocycles. The van der Waals surface area contributed by atoms with E-state index in [1.54, 1.807) is 25.8 Å². The Hall–Kier alpha value is -3.31. The summed E-state index contributed by atoms with van der Waals surface area (Å²) in [6.07, 6.45) is 2.71. The number of rotatable bonds is 5. The van der Waals surface area contributed by atoms with Crippen molar-refractivity contribution in [2.75, 3.05) is 33.0 Å². The molecule has 1 saturated carbocycles. The maximum Gasteiger partial charge on any atom is 0.298 e. The maximum absolute atomic E-state index is 12.6. The van der Waals surface area contributed by atoms with Gasteiger partial charge in [-0.1, -0.05) is 30.2 Å². The van der Waals surface area contributed by atoms with Crippen molar-refractivity contribution < 1.29 is 14.3 Å². The summed E-state index contributed by atoms with van der Waals surface area (Å²) in [5, 5.41) is 7.46. The molecule has 3 N–H and O–H groups in total. The standard InChI is InChI=1S/C24H29N5O3/c1-4-5-19(30)28-11-10-24(15-28)12-18(13-24)29-22(25)20(23(31)26-2)21(27-29)17-8-6-16(7-9-17)14-32-3/h6-9,18H,10-15,25H2,1-3H3,(H,26,31). The molecule has 2 amide bonds. The van der Waals surface area contributed by atoms with Crippen molar-refractivity contribution in [3.63, 3.8) is 0 Å². The summed E-state index contributed by atoms with van der Waals surface area (Å²) in [4.78, 5) is 26.6. The van der Waals surface area contributed by atoms with Crippen LogP contribution in [0.25, 0.3) is 11.3 Å². The minimum absolute atomic E-state index is 0.0866. The predicted octanol–water partition coefficient (Wildman–Crippen LogP) is 2.22. The lowest BCUT2D eigenvalue weighted by Gasteiger charge is -2.45. The van der Waals surface area contributed by atoms with Crippen LogP contribution >= 0.6 is 0 Å². The van der Waals surface area contributed by atoms with E-state index in [4.69, 9.17) is 15.6 Å². The Balaban J connectivity index is 1.57. The number of amides is 2. The van der Waals surface area contributed by atoms with Crippen molar-refractivity contribution in [2.45, 2.75) is 38.8 Å². The van der Waals surface area contributed by atoms with Crippen LogP contribution in [-0.2, 0) is 16.1 Å². The lowest BCUT2D eigenvalue weighted by Crippen LogP contribution is -2.42. The Morgan fingerprint density at radius 2 is 2.03 bits per heavy atom. The molecule has 0 bridgehead atoms. The number of nitrogen functional groups attached to an aromatic ring is 1. The third-order valence-corrected chi connectivity index (χ3v) is 6.58. The van der Waals surface area contributed by atoms with E-state index in [1.165, 1.54) is 0 Å². The monoisotopic (exact) mass is 435 g/mol. The fourth-order valence-electron chi connectivity index (χ4n) is 4.94. The fourth-order valence-corrected chi connectivity index (χ4v) is 4.94. The number of nitrogens with one attached hydrogen (secondary N) is 1. The summed E-state index contributed by atoms with van der Waals surface area (Å²) < 4.78 is 6.97. The van der Waals surface area contributed by atoms with Gasteiger partial charge >= 0.3 is 0 Å². The number of carbonyl (C=O) groups excluding carboxylic acids is 2. The molecule has 1 aromatic heterocycles. The van der Waals surface area contributed by atoms with Crippen LogP contribution in [-0.4, -0.2) is 53.7 Å². The molecule has 1 saturated heterocycles. The Morgan fingerprint density at radius 1 is 1.31 bits per heavy atom. The van der Waals surface area contributed by atoms with Gasteiger partial charge in [0.05, 0.1) is 12.6 Å². The highest BCUT2D eigenvalue weighted by Crippen LogP contribution is 2.54. The molecular formula is C24H29N5O3. The number of aromatic nitrogens is 2. The van der Waals surface area contributed by atoms with Crippen LogP contribution in [0, 0.1) is 17.3 Å². The third-order valence-electron chi connectivity index (χ3n) is 6.58. The first-order chi connectivity index (χ1) is 15.4. The summed E-state index contributed by atoms with van der Waals surface area (Å²) in [6.45, 7) is 3.65. The summed E-state index contributed by atoms with van der Waals surface area (Å²) >= 11 is 0. The zero-order chi connectivity index (χ0) is 22.9. The second-order valence-electron chi connectivity index (χ2n) is 8.68. The molecule has 4 rings (SSSR count). The van der Waals surface area contributed by atoms with Gasteiger partial charge in [-0.05, 0) is 43.1 Å². The molecule has 1 aliphatic carbocycles. The molecule has 0 unspecified atom stereocenters. The smallest absolute Gasteiger partial charge is 0.298 e. The van der Waals surface area contributed by atoms with Crippen LogP contribution < -0.4 is 11.1 Å². The third kappa shape index (κ3) is 3.84. The minimum Gasteiger partial charge on any atom is -0.383 e. The molecule has 2 aromatic rings. The second-order valence-corrected chi connectivity index (χ2v) is 8.68. The first-order valence-electron chi connectivity index (χ1n) is 10.8. The van der Waals surface area contributed by atoms with Gasteiger partial charge in [0.1, 0.15) is 17.1 Å². The van der Waals surface area contributed by atoms with Crippen LogP contribution in [0.4, 0.5) is 5.82 Å². The van der Waals surface area contributed by atoms with Crippen molar-refractivity contribution in [2.24, 2.45) is 5.41 Å². The Labute approximate surface area is 188 Å². The van der Waals surface area contributed by atoms with E-state index >= 15 is 0 Å². The number of carbonyl (C=O) groups is 2. The zero-order valence-electron chi connectivity index (χ0n) is 18.8. The molecule has 0 radical (unpaired) electrons. The molecule has 0 atom stereocenters. The van der Waals surface area contributed by atoms with Gasteiger partial charge in [-0.25, -0.2) is 4.68 Å². The Morgan fingerprint density at radius 3 is 2.66 bits per heavy atom. The van der Waals surface area contributed by atoms with Crippen molar-refractivity contribution in [3.8, 4) is 23.1 Å². The highest BCUT2D eigenvalue weighted by atomic mass is 16.5. The van der Waals surface area contributed by atoms with Crippen LogP contribution in [0.2, 0.25) is 0 Å². The molecule has 2 aliphatic rings. The van der Waals surface area contributed by atoms with E-state index in [9.17, 15) is 9.59 Å². The van der Waals surface area contributed by atoms with E-state index < -0.39 is 0 Å². The summed E-state index contributed by atoms with van der Waals surface area (Å²) in [5.41, 5.74) is 9.38. The van der Waals surface area contributed by atoms with E-state index in [0.717, 1.165) is 36.9 Å². The molecular weight excluding hydrogens is 406 g/mol. The van der Waals surface area contributed by atoms with Gasteiger partial charge < -0.3 is 20.7 Å². The summed E-state index contributed by atoms with van der Waals surface area (Å²) in [5.74, 6) is 5.34. The van der Waals surface area contributed by atoms with Crippen molar-refractivity contribution >= 4 is 17.6 Å². The number of nitrogens with two attached hydrogens (primary N) is 1. The lowest BCUT2D eigenvalue weighted by atomic mass is 9.65. The van der Waals surface area contributed by atoms with Gasteiger partial charge in [-0.3, -0.25) is 9.59 Å². The summed E-state index contributed by atoms with van der Waals surface area (Å²) in [6, 6.07) is 7.90. The SMILES string of the molecule is CC#CC(=O)N1CCC2(CC(n3nc(-c4ccc(COC)cc4)c(C(=O)NC)c3N)C2)C1. The number of nitrogens with zero attached hydrogens (tertiary/aromatic N) is 3. The molecule has 2 fully saturated rings. The second kappa shape index (κ2) is 8.67. The number of anilines is 1. The number of hydrogen-bond donors (Lipinski definition) is 2. The Kier molecular flexibility index (Phi) is 5.94. The van der Waals surface area contributed by atoms with Gasteiger partial charge in [0.15, 0.2) is 0 Å². The average Bonchev–Trinajstić information content (AvgIpc) is 3.35. The number of methoxy groups -OCH3 is 1. The van der Waals surface area contributed by atoms with E-state index in [0.29, 0.717) is 30.2 Å². The topological polar surface area (TPSA) is 102 Å². The lowest BCUT2D eigenvalue weighted by molar-refractivity contribution is -0.125. The van der Waals surface area contributed by atoms with Crippen molar-refractivity contribution in [1.82, 2.24) is 20.0 Å². The largest absolute Gasteiger partial charge is 0.383 e. The van der Waals surface area contributed by atoms with Gasteiger partial charge in [-0.2, -0.15) is 5.10 Å². The van der Waals surface area contributed by atoms with E-state index in [2.05, 4.69) is 17.2 Å². The molecule has 1 spiro atoms. The van der Waals surface area contributed by atoms with Gasteiger partial charge in [0.2, 0.25) is 0 Å². The van der Waals surface area contributed by atoms with Crippen LogP contribution in [0.15, 0.2) is 24.3 Å². The van der Waals surface area contributed by atoms with Crippen LogP contribution in [0.3, 0.4) is 0 Å². The molecule has 2 heterocycles. The van der Waals surface area contributed by atoms with E-state index in [1.807, 2.05) is 29.2 Å². The van der Waals surface area contributed by atoms with E-state index in [-0.39, 0.29) is 23.3 Å². The quantitative estimate of drug-likeness (QED) is 0.701. The van der Waals surface area contributed by atoms with Crippen molar-refractivity contribution in [1.29, 1.82) is 0 Å². The number of hydrogen-bond acceptors (Lipinski definition) is 5. The van der Waals surface area contributed by atoms with Crippen molar-refractivity contribution in [3.05, 3.63) is 35.4 Å². The van der Waals surface area contributed by atoms with Gasteiger partial charge in [-0.15, -0.1) is 0 Å². The van der Waals surface area contributed by atoms with Crippen LogP contribution in [0.5, 0.6) is 0 Å². The fraction of sp³-hybridized carbons (Fsp3) is 0.458. The molecule has 168 valence electrons. The number of benzene rings is 1. The molecule has 1 aliphatic heterocycles. The molecule has 8 nitrogen and oxygen atoms in total. The molecule has 8 heteroatoms. The normalized spacial score (nSPS) is 21.7. The highest BCUT2D eigenvalue weighted by molar-refractivity contribution is 6.04. The minimum atomic E-state index is -0.255. The predicted molar refractivity (Wildman–Crippen MR) is 122 cm³/mol. The van der Waals surface area contributed by atoms with Gasteiger partial charge in [0, 0.05) is 32.8 Å². The number of likely N-dealkylation sites (tertiary alicyclic amines) is 1. The van der Waals surface area contributed by atoms with Crippen LogP contribution in [0.1, 0.15) is 48.1 Å². The highest BCUT2D eigenvalue weighted by Gasteiger charge is 2.51. The average molecular weight is 436 g/mol. The zero-order valence-corrected chi connectivity index (χ0v) is 18.8. The Bertz CT molecular complexity index is 1090. The first kappa shape index (κ1) is 21.9. The van der Waals surface area contributed by atoms with Gasteiger partial charge in [0.25, 0.3) is 11.8 Å².